The van der Waals surface area contributed by atoms with E-state index in [4.69, 9.17) is 0 Å². The van der Waals surface area contributed by atoms with Gasteiger partial charge in [-0.1, -0.05) is 18.2 Å². The zero-order chi connectivity index (χ0) is 17.0. The maximum absolute atomic E-state index is 12.5. The number of nitrogens with zero attached hydrogens (tertiary/aromatic N) is 3. The molecule has 7 heteroatoms. The van der Waals surface area contributed by atoms with Crippen molar-refractivity contribution < 1.29 is 9.90 Å². The van der Waals surface area contributed by atoms with Crippen LogP contribution >= 0.6 is 11.3 Å². The molecule has 0 saturated heterocycles. The van der Waals surface area contributed by atoms with Crippen molar-refractivity contribution >= 4 is 17.2 Å². The molecule has 0 aliphatic heterocycles. The highest BCUT2D eigenvalue weighted by molar-refractivity contribution is 7.08. The van der Waals surface area contributed by atoms with Crippen LogP contribution in [0.25, 0.3) is 0 Å². The second-order valence-corrected chi connectivity index (χ2v) is 6.50. The van der Waals surface area contributed by atoms with Crippen LogP contribution in [0.1, 0.15) is 28.4 Å². The number of nitrogens with one attached hydrogen (secondary N) is 1. The number of hydrogen-bond acceptors (Lipinski definition) is 5. The fourth-order valence-electron chi connectivity index (χ4n) is 2.39. The van der Waals surface area contributed by atoms with Crippen LogP contribution in [0.3, 0.4) is 0 Å². The Labute approximate surface area is 143 Å². The van der Waals surface area contributed by atoms with Crippen LogP contribution in [-0.4, -0.2) is 32.3 Å². The molecule has 0 fully saturated rings. The maximum Gasteiger partial charge on any atom is 0.251 e. The fourth-order valence-corrected chi connectivity index (χ4v) is 3.17. The van der Waals surface area contributed by atoms with Gasteiger partial charge in [0.2, 0.25) is 0 Å². The first kappa shape index (κ1) is 16.4. The summed E-state index contributed by atoms with van der Waals surface area (Å²) in [6.07, 6.45) is 3.07. The van der Waals surface area contributed by atoms with Crippen LogP contribution in [0.4, 0.5) is 0 Å². The Bertz CT molecular complexity index is 798. The van der Waals surface area contributed by atoms with Gasteiger partial charge in [0.1, 0.15) is 18.3 Å². The van der Waals surface area contributed by atoms with E-state index in [1.54, 1.807) is 24.0 Å². The van der Waals surface area contributed by atoms with Gasteiger partial charge in [-0.2, -0.15) is 16.4 Å². The molecular weight excluding hydrogens is 324 g/mol. The number of rotatable bonds is 6. The Morgan fingerprint density at radius 1 is 1.38 bits per heavy atom. The lowest BCUT2D eigenvalue weighted by molar-refractivity contribution is 0.0529. The molecule has 3 aromatic rings. The first-order valence-corrected chi connectivity index (χ1v) is 8.44. The Morgan fingerprint density at radius 2 is 2.21 bits per heavy atom. The molecule has 1 amide bonds. The van der Waals surface area contributed by atoms with E-state index in [2.05, 4.69) is 15.4 Å². The molecule has 3 rings (SSSR count). The monoisotopic (exact) mass is 342 g/mol. The van der Waals surface area contributed by atoms with Crippen molar-refractivity contribution in [1.82, 2.24) is 20.1 Å². The van der Waals surface area contributed by atoms with Gasteiger partial charge in [-0.3, -0.25) is 4.79 Å². The molecule has 2 aromatic heterocycles. The van der Waals surface area contributed by atoms with Crippen molar-refractivity contribution in [3.05, 3.63) is 70.4 Å². The number of aliphatic hydroxyl groups is 1. The summed E-state index contributed by atoms with van der Waals surface area (Å²) in [5.74, 6) is -0.221. The molecule has 1 aromatic carbocycles. The highest BCUT2D eigenvalue weighted by atomic mass is 32.1. The van der Waals surface area contributed by atoms with Gasteiger partial charge in [-0.15, -0.1) is 0 Å². The molecule has 1 unspecified atom stereocenters. The summed E-state index contributed by atoms with van der Waals surface area (Å²) in [5, 5.41) is 21.2. The largest absolute Gasteiger partial charge is 0.384 e. The fraction of sp³-hybridized carbons (Fsp3) is 0.235. The molecule has 0 saturated carbocycles. The Morgan fingerprint density at radius 3 is 2.92 bits per heavy atom. The van der Waals surface area contributed by atoms with Crippen LogP contribution in [0.2, 0.25) is 0 Å². The zero-order valence-electron chi connectivity index (χ0n) is 13.2. The van der Waals surface area contributed by atoms with Crippen LogP contribution in [0.15, 0.2) is 53.7 Å². The summed E-state index contributed by atoms with van der Waals surface area (Å²) < 4.78 is 1.66. The van der Waals surface area contributed by atoms with Crippen LogP contribution in [0.5, 0.6) is 0 Å². The van der Waals surface area contributed by atoms with E-state index < -0.39 is 5.60 Å². The molecule has 0 radical (unpaired) electrons. The van der Waals surface area contributed by atoms with Crippen LogP contribution < -0.4 is 5.32 Å². The SMILES string of the molecule is CC(O)(CNC(=O)c1ccccc1Cn1cncn1)c1ccsc1. The summed E-state index contributed by atoms with van der Waals surface area (Å²) in [6.45, 7) is 2.29. The highest BCUT2D eigenvalue weighted by Gasteiger charge is 2.24. The number of carbonyl (C=O) groups excluding carboxylic acids is 1. The van der Waals surface area contributed by atoms with Gasteiger partial charge in [-0.25, -0.2) is 9.67 Å². The van der Waals surface area contributed by atoms with Crippen molar-refractivity contribution in [2.24, 2.45) is 0 Å². The molecule has 0 spiro atoms. The summed E-state index contributed by atoms with van der Waals surface area (Å²) in [5.41, 5.74) is 1.10. The average Bonchev–Trinajstić information content (AvgIpc) is 3.27. The molecule has 0 aliphatic rings. The highest BCUT2D eigenvalue weighted by Crippen LogP contribution is 2.22. The smallest absolute Gasteiger partial charge is 0.251 e. The predicted octanol–water partition coefficient (Wildman–Crippen LogP) is 2.03. The van der Waals surface area contributed by atoms with Gasteiger partial charge >= 0.3 is 0 Å². The molecule has 6 nitrogen and oxygen atoms in total. The Balaban J connectivity index is 1.71. The van der Waals surface area contributed by atoms with Crippen molar-refractivity contribution in [2.75, 3.05) is 6.54 Å². The van der Waals surface area contributed by atoms with Gasteiger partial charge in [0.25, 0.3) is 5.91 Å². The third-order valence-electron chi connectivity index (χ3n) is 3.80. The Kier molecular flexibility index (Phi) is 4.73. The number of aromatic nitrogens is 3. The third kappa shape index (κ3) is 3.69. The van der Waals surface area contributed by atoms with E-state index in [9.17, 15) is 9.90 Å². The number of amides is 1. The molecule has 1 atom stereocenters. The summed E-state index contributed by atoms with van der Waals surface area (Å²) >= 11 is 1.51. The molecule has 2 N–H and O–H groups in total. The zero-order valence-corrected chi connectivity index (χ0v) is 14.0. The minimum absolute atomic E-state index is 0.139. The van der Waals surface area contributed by atoms with E-state index in [-0.39, 0.29) is 12.5 Å². The van der Waals surface area contributed by atoms with E-state index in [1.807, 2.05) is 35.0 Å². The first-order valence-electron chi connectivity index (χ1n) is 7.50. The number of carbonyl (C=O) groups is 1. The number of hydrogen-bond donors (Lipinski definition) is 2. The molecule has 2 heterocycles. The minimum atomic E-state index is -1.10. The lowest BCUT2D eigenvalue weighted by Crippen LogP contribution is -2.38. The first-order chi connectivity index (χ1) is 11.6. The summed E-state index contributed by atoms with van der Waals surface area (Å²) in [7, 11) is 0. The Hall–Kier alpha value is -2.51. The lowest BCUT2D eigenvalue weighted by atomic mass is 9.99. The van der Waals surface area contributed by atoms with Crippen molar-refractivity contribution in [2.45, 2.75) is 19.1 Å². The van der Waals surface area contributed by atoms with Crippen molar-refractivity contribution in [3.63, 3.8) is 0 Å². The van der Waals surface area contributed by atoms with Gasteiger partial charge < -0.3 is 10.4 Å². The second kappa shape index (κ2) is 6.94. The number of benzene rings is 1. The van der Waals surface area contributed by atoms with Crippen LogP contribution in [0, 0.1) is 0 Å². The number of thiophene rings is 1. The predicted molar refractivity (Wildman–Crippen MR) is 91.8 cm³/mol. The lowest BCUT2D eigenvalue weighted by Gasteiger charge is -2.23. The maximum atomic E-state index is 12.5. The third-order valence-corrected chi connectivity index (χ3v) is 4.48. The molecule has 0 aliphatic carbocycles. The summed E-state index contributed by atoms with van der Waals surface area (Å²) in [4.78, 5) is 16.5. The summed E-state index contributed by atoms with van der Waals surface area (Å²) in [6, 6.07) is 9.20. The van der Waals surface area contributed by atoms with Gasteiger partial charge in [0.15, 0.2) is 0 Å². The normalized spacial score (nSPS) is 13.4. The van der Waals surface area contributed by atoms with E-state index in [1.165, 1.54) is 17.7 Å². The van der Waals surface area contributed by atoms with Gasteiger partial charge in [-0.05, 0) is 40.9 Å². The van der Waals surface area contributed by atoms with Crippen molar-refractivity contribution in [3.8, 4) is 0 Å². The standard InChI is InChI=1S/C17H18N4O2S/c1-17(23,14-6-7-24-9-14)10-19-16(22)15-5-3-2-4-13(15)8-21-12-18-11-20-21/h2-7,9,11-12,23H,8,10H2,1H3,(H,19,22). The van der Waals surface area contributed by atoms with E-state index >= 15 is 0 Å². The molecular formula is C17H18N4O2S. The average molecular weight is 342 g/mol. The topological polar surface area (TPSA) is 80.0 Å². The minimum Gasteiger partial charge on any atom is -0.384 e. The van der Waals surface area contributed by atoms with E-state index in [0.717, 1.165) is 11.1 Å². The molecule has 24 heavy (non-hydrogen) atoms. The molecule has 0 bridgehead atoms. The van der Waals surface area contributed by atoms with Crippen LogP contribution in [-0.2, 0) is 12.1 Å². The van der Waals surface area contributed by atoms with E-state index in [0.29, 0.717) is 12.1 Å². The quantitative estimate of drug-likeness (QED) is 0.718. The molecule has 124 valence electrons. The van der Waals surface area contributed by atoms with Crippen molar-refractivity contribution in [1.29, 1.82) is 0 Å². The van der Waals surface area contributed by atoms with Gasteiger partial charge in [0, 0.05) is 5.56 Å². The second-order valence-electron chi connectivity index (χ2n) is 5.72. The van der Waals surface area contributed by atoms with Gasteiger partial charge in [0.05, 0.1) is 13.1 Å².